The van der Waals surface area contributed by atoms with Gasteiger partial charge in [0.15, 0.2) is 0 Å². The van der Waals surface area contributed by atoms with Crippen LogP contribution in [-0.2, 0) is 0 Å². The Kier molecular flexibility index (Phi) is 3.70. The van der Waals surface area contributed by atoms with Crippen molar-refractivity contribution in [3.63, 3.8) is 0 Å². The number of halogens is 2. The van der Waals surface area contributed by atoms with Crippen molar-refractivity contribution in [1.29, 1.82) is 0 Å². The SMILES string of the molecule is CC(C=C(F)F)CCCC1CC1. The summed E-state index contributed by atoms with van der Waals surface area (Å²) in [5.41, 5.74) is 0. The topological polar surface area (TPSA) is 0 Å². The van der Waals surface area contributed by atoms with E-state index in [4.69, 9.17) is 0 Å². The quantitative estimate of drug-likeness (QED) is 0.591. The summed E-state index contributed by atoms with van der Waals surface area (Å²) in [6, 6.07) is 0. The van der Waals surface area contributed by atoms with E-state index >= 15 is 0 Å². The van der Waals surface area contributed by atoms with Crippen molar-refractivity contribution in [2.24, 2.45) is 11.8 Å². The molecule has 0 heterocycles. The summed E-state index contributed by atoms with van der Waals surface area (Å²) < 4.78 is 23.5. The van der Waals surface area contributed by atoms with Crippen LogP contribution in [0.2, 0.25) is 0 Å². The highest BCUT2D eigenvalue weighted by Gasteiger charge is 2.20. The first-order valence-corrected chi connectivity index (χ1v) is 4.71. The number of hydrogen-bond acceptors (Lipinski definition) is 0. The van der Waals surface area contributed by atoms with Crippen molar-refractivity contribution in [3.05, 3.63) is 12.2 Å². The average molecular weight is 174 g/mol. The minimum atomic E-state index is -1.53. The fraction of sp³-hybridized carbons (Fsp3) is 0.800. The van der Waals surface area contributed by atoms with Gasteiger partial charge in [0.1, 0.15) is 0 Å². The maximum atomic E-state index is 11.7. The molecule has 1 aliphatic rings. The van der Waals surface area contributed by atoms with Crippen LogP contribution in [0.1, 0.15) is 39.0 Å². The van der Waals surface area contributed by atoms with Gasteiger partial charge >= 0.3 is 0 Å². The molecule has 0 aromatic heterocycles. The number of allylic oxidation sites excluding steroid dienone is 1. The molecule has 0 aromatic carbocycles. The van der Waals surface area contributed by atoms with E-state index in [0.717, 1.165) is 24.8 Å². The molecule has 1 unspecified atom stereocenters. The second-order valence-electron chi connectivity index (χ2n) is 3.81. The highest BCUT2D eigenvalue weighted by atomic mass is 19.3. The van der Waals surface area contributed by atoms with Crippen LogP contribution in [0.15, 0.2) is 12.2 Å². The molecule has 70 valence electrons. The monoisotopic (exact) mass is 174 g/mol. The molecule has 1 saturated carbocycles. The van der Waals surface area contributed by atoms with E-state index in [2.05, 4.69) is 0 Å². The Balaban J connectivity index is 2.00. The smallest absolute Gasteiger partial charge is 0.174 e. The second-order valence-corrected chi connectivity index (χ2v) is 3.81. The molecule has 0 nitrogen and oxygen atoms in total. The second kappa shape index (κ2) is 4.58. The van der Waals surface area contributed by atoms with Crippen LogP contribution in [0.25, 0.3) is 0 Å². The maximum Gasteiger partial charge on any atom is 0.266 e. The maximum absolute atomic E-state index is 11.7. The highest BCUT2D eigenvalue weighted by Crippen LogP contribution is 2.34. The van der Waals surface area contributed by atoms with Gasteiger partial charge in [-0.2, -0.15) is 8.78 Å². The summed E-state index contributed by atoms with van der Waals surface area (Å²) >= 11 is 0. The van der Waals surface area contributed by atoms with Crippen LogP contribution in [0.4, 0.5) is 8.78 Å². The fourth-order valence-corrected chi connectivity index (χ4v) is 1.43. The van der Waals surface area contributed by atoms with Gasteiger partial charge in [-0.15, -0.1) is 0 Å². The molecule has 1 aliphatic carbocycles. The minimum Gasteiger partial charge on any atom is -0.174 e. The van der Waals surface area contributed by atoms with E-state index in [-0.39, 0.29) is 5.92 Å². The molecule has 0 N–H and O–H groups in total. The van der Waals surface area contributed by atoms with Crippen molar-refractivity contribution in [3.8, 4) is 0 Å². The zero-order chi connectivity index (χ0) is 8.97. The first-order chi connectivity index (χ1) is 5.68. The molecule has 0 aromatic rings. The van der Waals surface area contributed by atoms with Gasteiger partial charge < -0.3 is 0 Å². The van der Waals surface area contributed by atoms with Gasteiger partial charge in [-0.1, -0.05) is 32.6 Å². The van der Waals surface area contributed by atoms with Crippen LogP contribution in [0, 0.1) is 11.8 Å². The lowest BCUT2D eigenvalue weighted by Gasteiger charge is -2.03. The third kappa shape index (κ3) is 4.47. The van der Waals surface area contributed by atoms with Gasteiger partial charge in [0, 0.05) is 0 Å². The molecule has 12 heavy (non-hydrogen) atoms. The zero-order valence-electron chi connectivity index (χ0n) is 7.52. The number of hydrogen-bond donors (Lipinski definition) is 0. The predicted molar refractivity (Wildman–Crippen MR) is 46.0 cm³/mol. The van der Waals surface area contributed by atoms with E-state index < -0.39 is 6.08 Å². The normalized spacial score (nSPS) is 18.9. The first kappa shape index (κ1) is 9.69. The van der Waals surface area contributed by atoms with Crippen molar-refractivity contribution in [2.45, 2.75) is 39.0 Å². The highest BCUT2D eigenvalue weighted by molar-refractivity contribution is 4.85. The van der Waals surface area contributed by atoms with E-state index in [9.17, 15) is 8.78 Å². The minimum absolute atomic E-state index is 0.0498. The molecule has 2 heteroatoms. The third-order valence-electron chi connectivity index (χ3n) is 2.38. The van der Waals surface area contributed by atoms with Crippen LogP contribution in [0.5, 0.6) is 0 Å². The summed E-state index contributed by atoms with van der Waals surface area (Å²) in [6.07, 6.45) is 5.51. The molecule has 1 atom stereocenters. The van der Waals surface area contributed by atoms with E-state index in [1.54, 1.807) is 0 Å². The van der Waals surface area contributed by atoms with Gasteiger partial charge in [0.05, 0.1) is 0 Å². The van der Waals surface area contributed by atoms with Gasteiger partial charge in [0.25, 0.3) is 6.08 Å². The molecule has 1 fully saturated rings. The number of rotatable bonds is 5. The third-order valence-corrected chi connectivity index (χ3v) is 2.38. The van der Waals surface area contributed by atoms with Crippen molar-refractivity contribution >= 4 is 0 Å². The summed E-state index contributed by atoms with van der Waals surface area (Å²) in [7, 11) is 0. The Morgan fingerprint density at radius 3 is 2.67 bits per heavy atom. The lowest BCUT2D eigenvalue weighted by Crippen LogP contribution is -1.90. The molecule has 0 radical (unpaired) electrons. The van der Waals surface area contributed by atoms with Gasteiger partial charge in [0.2, 0.25) is 0 Å². The Morgan fingerprint density at radius 2 is 2.17 bits per heavy atom. The van der Waals surface area contributed by atoms with Crippen molar-refractivity contribution < 1.29 is 8.78 Å². The van der Waals surface area contributed by atoms with E-state index in [0.29, 0.717) is 0 Å². The Labute approximate surface area is 72.7 Å². The summed E-state index contributed by atoms with van der Waals surface area (Å²) in [5.74, 6) is 0.977. The Morgan fingerprint density at radius 1 is 1.50 bits per heavy atom. The molecule has 0 saturated heterocycles. The zero-order valence-corrected chi connectivity index (χ0v) is 7.52. The Hall–Kier alpha value is -0.400. The molecular formula is C10H16F2. The predicted octanol–water partition coefficient (Wildman–Crippen LogP) is 3.98. The van der Waals surface area contributed by atoms with E-state index in [1.807, 2.05) is 6.92 Å². The van der Waals surface area contributed by atoms with E-state index in [1.165, 1.54) is 19.3 Å². The average Bonchev–Trinajstić information content (AvgIpc) is 2.69. The standard InChI is InChI=1S/C10H16F2/c1-8(7-10(11)12)3-2-4-9-5-6-9/h7-9H,2-6H2,1H3. The van der Waals surface area contributed by atoms with Gasteiger partial charge in [-0.3, -0.25) is 0 Å². The summed E-state index contributed by atoms with van der Waals surface area (Å²) in [4.78, 5) is 0. The first-order valence-electron chi connectivity index (χ1n) is 4.71. The molecule has 0 bridgehead atoms. The van der Waals surface area contributed by atoms with Crippen molar-refractivity contribution in [1.82, 2.24) is 0 Å². The molecular weight excluding hydrogens is 158 g/mol. The van der Waals surface area contributed by atoms with Crippen LogP contribution in [0.3, 0.4) is 0 Å². The lowest BCUT2D eigenvalue weighted by molar-refractivity contribution is 0.406. The summed E-state index contributed by atoms with van der Waals surface area (Å²) in [6.45, 7) is 1.85. The molecule has 0 amide bonds. The lowest BCUT2D eigenvalue weighted by atomic mass is 10.0. The van der Waals surface area contributed by atoms with Crippen LogP contribution in [-0.4, -0.2) is 0 Å². The molecule has 1 rings (SSSR count). The largest absolute Gasteiger partial charge is 0.266 e. The van der Waals surface area contributed by atoms with Gasteiger partial charge in [-0.25, -0.2) is 0 Å². The summed E-state index contributed by atoms with van der Waals surface area (Å²) in [5, 5.41) is 0. The van der Waals surface area contributed by atoms with Crippen molar-refractivity contribution in [2.75, 3.05) is 0 Å². The fourth-order valence-electron chi connectivity index (χ4n) is 1.43. The van der Waals surface area contributed by atoms with Gasteiger partial charge in [-0.05, 0) is 24.3 Å². The molecule has 0 spiro atoms. The van der Waals surface area contributed by atoms with Crippen LogP contribution >= 0.6 is 0 Å². The Bertz CT molecular complexity index is 155. The molecule has 0 aliphatic heterocycles. The van der Waals surface area contributed by atoms with Crippen LogP contribution < -0.4 is 0 Å².